The second-order valence-electron chi connectivity index (χ2n) is 4.45. The molecule has 0 radical (unpaired) electrons. The number of carbonyl (C=O) groups is 2. The Morgan fingerprint density at radius 1 is 1.55 bits per heavy atom. The number of nitrogens with zero attached hydrogens (tertiary/aromatic N) is 1. The van der Waals surface area contributed by atoms with Crippen molar-refractivity contribution in [2.24, 2.45) is 5.73 Å². The Balaban J connectivity index is 2.38. The van der Waals surface area contributed by atoms with Crippen molar-refractivity contribution in [1.29, 1.82) is 0 Å². The highest BCUT2D eigenvalue weighted by atomic mass is 32.1. The van der Waals surface area contributed by atoms with Gasteiger partial charge in [0.1, 0.15) is 11.5 Å². The van der Waals surface area contributed by atoms with Crippen molar-refractivity contribution in [3.05, 3.63) is 12.7 Å². The Hall–Kier alpha value is -1.41. The minimum absolute atomic E-state index is 0.169. The lowest BCUT2D eigenvalue weighted by molar-refractivity contribution is 0.0520. The van der Waals surface area contributed by atoms with Gasteiger partial charge in [-0.25, -0.2) is 9.59 Å². The Bertz CT molecular complexity index is 367. The normalized spacial score (nSPS) is 21.6. The number of likely N-dealkylation sites (tertiary alicyclic amines) is 1. The number of ether oxygens (including phenoxy) is 2. The maximum absolute atomic E-state index is 11.9. The SMILES string of the molecule is C=CCOC(=O)N1CCCC1(S)COCCNC(N)=O. The lowest BCUT2D eigenvalue weighted by atomic mass is 10.2. The van der Waals surface area contributed by atoms with Gasteiger partial charge in [0.05, 0.1) is 13.2 Å². The van der Waals surface area contributed by atoms with Crippen LogP contribution in [0.3, 0.4) is 0 Å². The summed E-state index contributed by atoms with van der Waals surface area (Å²) in [6, 6.07) is -0.593. The van der Waals surface area contributed by atoms with E-state index in [1.807, 2.05) is 0 Å². The molecule has 0 aliphatic carbocycles. The average molecular weight is 303 g/mol. The second kappa shape index (κ2) is 8.01. The van der Waals surface area contributed by atoms with E-state index in [1.54, 1.807) is 4.90 Å². The van der Waals surface area contributed by atoms with Crippen molar-refractivity contribution in [3.8, 4) is 0 Å². The molecule has 0 saturated carbocycles. The van der Waals surface area contributed by atoms with Crippen molar-refractivity contribution >= 4 is 24.8 Å². The number of amides is 3. The molecule has 3 N–H and O–H groups in total. The van der Waals surface area contributed by atoms with Gasteiger partial charge in [-0.1, -0.05) is 12.7 Å². The third-order valence-electron chi connectivity index (χ3n) is 2.89. The van der Waals surface area contributed by atoms with Gasteiger partial charge >= 0.3 is 12.1 Å². The molecule has 1 aliphatic heterocycles. The highest BCUT2D eigenvalue weighted by Gasteiger charge is 2.41. The zero-order valence-corrected chi connectivity index (χ0v) is 12.2. The molecule has 1 fully saturated rings. The number of nitrogens with one attached hydrogen (secondary N) is 1. The minimum Gasteiger partial charge on any atom is -0.445 e. The predicted molar refractivity (Wildman–Crippen MR) is 77.6 cm³/mol. The maximum Gasteiger partial charge on any atom is 0.411 e. The number of thiol groups is 1. The number of primary amides is 1. The molecule has 114 valence electrons. The van der Waals surface area contributed by atoms with Gasteiger partial charge in [0, 0.05) is 13.1 Å². The molecule has 1 atom stereocenters. The Kier molecular flexibility index (Phi) is 6.66. The van der Waals surface area contributed by atoms with Gasteiger partial charge in [0.25, 0.3) is 0 Å². The first-order valence-electron chi connectivity index (χ1n) is 6.38. The van der Waals surface area contributed by atoms with E-state index in [4.69, 9.17) is 15.2 Å². The number of hydrogen-bond acceptors (Lipinski definition) is 5. The van der Waals surface area contributed by atoms with Crippen LogP contribution in [0.25, 0.3) is 0 Å². The van der Waals surface area contributed by atoms with Crippen molar-refractivity contribution < 1.29 is 19.1 Å². The highest BCUT2D eigenvalue weighted by molar-refractivity contribution is 7.81. The summed E-state index contributed by atoms with van der Waals surface area (Å²) in [5.74, 6) is 0. The molecule has 0 aromatic carbocycles. The van der Waals surface area contributed by atoms with Crippen LogP contribution in [0, 0.1) is 0 Å². The summed E-state index contributed by atoms with van der Waals surface area (Å²) in [5, 5.41) is 2.42. The number of rotatable bonds is 7. The molecule has 7 nitrogen and oxygen atoms in total. The molecule has 20 heavy (non-hydrogen) atoms. The number of carbonyl (C=O) groups excluding carboxylic acids is 2. The number of urea groups is 1. The van der Waals surface area contributed by atoms with E-state index >= 15 is 0 Å². The Morgan fingerprint density at radius 2 is 2.30 bits per heavy atom. The summed E-state index contributed by atoms with van der Waals surface area (Å²) in [6.07, 6.45) is 2.66. The molecule has 0 bridgehead atoms. The molecule has 0 aromatic heterocycles. The van der Waals surface area contributed by atoms with Crippen molar-refractivity contribution in [1.82, 2.24) is 10.2 Å². The monoisotopic (exact) mass is 303 g/mol. The molecule has 1 saturated heterocycles. The summed E-state index contributed by atoms with van der Waals surface area (Å²) in [4.78, 5) is 23.2. The average Bonchev–Trinajstić information content (AvgIpc) is 2.77. The smallest absolute Gasteiger partial charge is 0.411 e. The van der Waals surface area contributed by atoms with Gasteiger partial charge in [0.2, 0.25) is 0 Å². The molecular formula is C12H21N3O4S. The first kappa shape index (κ1) is 16.6. The van der Waals surface area contributed by atoms with Crippen LogP contribution >= 0.6 is 12.6 Å². The van der Waals surface area contributed by atoms with Gasteiger partial charge in [-0.3, -0.25) is 4.90 Å². The largest absolute Gasteiger partial charge is 0.445 e. The van der Waals surface area contributed by atoms with E-state index in [9.17, 15) is 9.59 Å². The zero-order valence-electron chi connectivity index (χ0n) is 11.3. The zero-order chi connectivity index (χ0) is 15.0. The fourth-order valence-corrected chi connectivity index (χ4v) is 2.40. The third kappa shape index (κ3) is 4.93. The van der Waals surface area contributed by atoms with Crippen LogP contribution in [-0.2, 0) is 9.47 Å². The molecule has 1 aliphatic rings. The minimum atomic E-state index is -0.676. The van der Waals surface area contributed by atoms with Gasteiger partial charge in [-0.2, -0.15) is 0 Å². The summed E-state index contributed by atoms with van der Waals surface area (Å²) in [5.41, 5.74) is 4.93. The molecule has 0 spiro atoms. The van der Waals surface area contributed by atoms with E-state index < -0.39 is 17.0 Å². The second-order valence-corrected chi connectivity index (χ2v) is 5.28. The van der Waals surface area contributed by atoms with Crippen LogP contribution in [0.4, 0.5) is 9.59 Å². The molecule has 8 heteroatoms. The molecule has 1 heterocycles. The molecular weight excluding hydrogens is 282 g/mol. The van der Waals surface area contributed by atoms with Crippen LogP contribution in [0.2, 0.25) is 0 Å². The molecule has 1 rings (SSSR count). The van der Waals surface area contributed by atoms with E-state index in [0.29, 0.717) is 19.7 Å². The summed E-state index contributed by atoms with van der Waals surface area (Å²) in [7, 11) is 0. The van der Waals surface area contributed by atoms with Gasteiger partial charge in [0.15, 0.2) is 0 Å². The highest BCUT2D eigenvalue weighted by Crippen LogP contribution is 2.33. The molecule has 0 aromatic rings. The van der Waals surface area contributed by atoms with Crippen molar-refractivity contribution in [2.75, 3.05) is 32.9 Å². The van der Waals surface area contributed by atoms with Gasteiger partial charge < -0.3 is 20.5 Å². The number of hydrogen-bond donors (Lipinski definition) is 3. The first-order chi connectivity index (χ1) is 9.49. The summed E-state index contributed by atoms with van der Waals surface area (Å²) >= 11 is 4.54. The number of nitrogens with two attached hydrogens (primary N) is 1. The molecule has 1 unspecified atom stereocenters. The van der Waals surface area contributed by atoms with Crippen molar-refractivity contribution in [2.45, 2.75) is 17.7 Å². The van der Waals surface area contributed by atoms with Crippen LogP contribution < -0.4 is 11.1 Å². The van der Waals surface area contributed by atoms with Crippen LogP contribution in [0.1, 0.15) is 12.8 Å². The lowest BCUT2D eigenvalue weighted by Crippen LogP contribution is -2.47. The van der Waals surface area contributed by atoms with Crippen LogP contribution in [0.5, 0.6) is 0 Å². The summed E-state index contributed by atoms with van der Waals surface area (Å²) < 4.78 is 10.5. The van der Waals surface area contributed by atoms with Crippen molar-refractivity contribution in [3.63, 3.8) is 0 Å². The van der Waals surface area contributed by atoms with Gasteiger partial charge in [-0.15, -0.1) is 12.6 Å². The predicted octanol–water partition coefficient (Wildman–Crippen LogP) is 0.716. The fraction of sp³-hybridized carbons (Fsp3) is 0.667. The van der Waals surface area contributed by atoms with Crippen LogP contribution in [0.15, 0.2) is 12.7 Å². The molecule has 3 amide bonds. The Labute approximate surface area is 123 Å². The third-order valence-corrected chi connectivity index (χ3v) is 3.48. The fourth-order valence-electron chi connectivity index (χ4n) is 1.96. The quantitative estimate of drug-likeness (QED) is 0.367. The standard InChI is InChI=1S/C12H21N3O4S/c1-2-7-19-11(17)15-6-3-4-12(15,20)9-18-8-5-14-10(13)16/h2,20H,1,3-9H2,(H3,13,14,16). The Morgan fingerprint density at radius 3 is 2.95 bits per heavy atom. The topological polar surface area (TPSA) is 93.9 Å². The maximum atomic E-state index is 11.9. The van der Waals surface area contributed by atoms with E-state index in [2.05, 4.69) is 24.5 Å². The first-order valence-corrected chi connectivity index (χ1v) is 6.83. The van der Waals surface area contributed by atoms with Gasteiger partial charge in [-0.05, 0) is 12.8 Å². The lowest BCUT2D eigenvalue weighted by Gasteiger charge is -2.33. The van der Waals surface area contributed by atoms with E-state index in [0.717, 1.165) is 12.8 Å². The van der Waals surface area contributed by atoms with E-state index in [1.165, 1.54) is 6.08 Å². The van der Waals surface area contributed by atoms with E-state index in [-0.39, 0.29) is 13.2 Å². The van der Waals surface area contributed by atoms with Crippen LogP contribution in [-0.4, -0.2) is 54.8 Å². The summed E-state index contributed by atoms with van der Waals surface area (Å²) in [6.45, 7) is 5.14.